The third-order valence-electron chi connectivity index (χ3n) is 3.64. The van der Waals surface area contributed by atoms with Crippen molar-refractivity contribution < 1.29 is 14.3 Å². The van der Waals surface area contributed by atoms with Gasteiger partial charge in [-0.2, -0.15) is 5.10 Å². The second-order valence-electron chi connectivity index (χ2n) is 6.02. The molecule has 5 nitrogen and oxygen atoms in total. The summed E-state index contributed by atoms with van der Waals surface area (Å²) in [6.45, 7) is 4.16. The van der Waals surface area contributed by atoms with Gasteiger partial charge in [-0.3, -0.25) is 4.79 Å². The highest BCUT2D eigenvalue weighted by atomic mass is 79.9. The van der Waals surface area contributed by atoms with E-state index in [0.29, 0.717) is 17.3 Å². The van der Waals surface area contributed by atoms with Crippen molar-refractivity contribution in [2.24, 2.45) is 5.10 Å². The third-order valence-corrected chi connectivity index (χ3v) is 5.23. The largest absolute Gasteiger partial charge is 0.493 e. The number of hydrogen-bond acceptors (Lipinski definition) is 5. The topological polar surface area (TPSA) is 59.9 Å². The molecule has 0 spiro atoms. The summed E-state index contributed by atoms with van der Waals surface area (Å²) in [7, 11) is 3.15. The summed E-state index contributed by atoms with van der Waals surface area (Å²) in [5.41, 5.74) is 7.03. The van der Waals surface area contributed by atoms with Gasteiger partial charge in [-0.15, -0.1) is 11.8 Å². The Kier molecular flexibility index (Phi) is 8.19. The van der Waals surface area contributed by atoms with Crippen LogP contribution in [0.5, 0.6) is 11.5 Å². The Hall–Kier alpha value is -1.99. The van der Waals surface area contributed by atoms with Gasteiger partial charge in [-0.1, -0.05) is 29.3 Å². The van der Waals surface area contributed by atoms with E-state index in [1.165, 1.54) is 16.7 Å². The SMILES string of the molecule is COc1cc(/C=N\NC(=O)CSCc2cc(C)cc(C)c2)cc(Br)c1OC. The molecule has 0 unspecified atom stereocenters. The normalized spacial score (nSPS) is 10.9. The maximum Gasteiger partial charge on any atom is 0.250 e. The monoisotopic (exact) mass is 450 g/mol. The smallest absolute Gasteiger partial charge is 0.250 e. The van der Waals surface area contributed by atoms with Gasteiger partial charge >= 0.3 is 0 Å². The van der Waals surface area contributed by atoms with Crippen molar-refractivity contribution in [3.8, 4) is 11.5 Å². The van der Waals surface area contributed by atoms with E-state index in [1.807, 2.05) is 6.07 Å². The predicted octanol–water partition coefficient (Wildman–Crippen LogP) is 4.47. The van der Waals surface area contributed by atoms with Crippen molar-refractivity contribution in [2.75, 3.05) is 20.0 Å². The molecule has 0 aliphatic heterocycles. The zero-order chi connectivity index (χ0) is 19.8. The molecule has 2 aromatic carbocycles. The average molecular weight is 451 g/mol. The number of carbonyl (C=O) groups excluding carboxylic acids is 1. The Morgan fingerprint density at radius 3 is 2.48 bits per heavy atom. The maximum absolute atomic E-state index is 11.9. The first-order valence-electron chi connectivity index (χ1n) is 8.31. The molecule has 27 heavy (non-hydrogen) atoms. The molecule has 0 fully saturated rings. The summed E-state index contributed by atoms with van der Waals surface area (Å²) in [5, 5.41) is 4.01. The molecule has 1 N–H and O–H groups in total. The van der Waals surface area contributed by atoms with E-state index in [2.05, 4.69) is 58.5 Å². The first-order valence-corrected chi connectivity index (χ1v) is 10.3. The first-order chi connectivity index (χ1) is 12.9. The lowest BCUT2D eigenvalue weighted by Crippen LogP contribution is -2.19. The number of ether oxygens (including phenoxy) is 2. The van der Waals surface area contributed by atoms with Crippen LogP contribution >= 0.6 is 27.7 Å². The Morgan fingerprint density at radius 2 is 1.85 bits per heavy atom. The van der Waals surface area contributed by atoms with Crippen molar-refractivity contribution in [3.05, 3.63) is 57.1 Å². The molecular formula is C20H23BrN2O3S. The number of nitrogens with one attached hydrogen (secondary N) is 1. The maximum atomic E-state index is 11.9. The van der Waals surface area contributed by atoms with Crippen LogP contribution in [-0.2, 0) is 10.5 Å². The molecule has 2 aromatic rings. The van der Waals surface area contributed by atoms with Crippen LogP contribution in [0, 0.1) is 13.8 Å². The van der Waals surface area contributed by atoms with Crippen LogP contribution in [0.25, 0.3) is 0 Å². The highest BCUT2D eigenvalue weighted by Crippen LogP contribution is 2.35. The number of amides is 1. The molecule has 7 heteroatoms. The number of benzene rings is 2. The second kappa shape index (κ2) is 10.4. The molecule has 0 saturated carbocycles. The average Bonchev–Trinajstić information content (AvgIpc) is 2.60. The van der Waals surface area contributed by atoms with Gasteiger partial charge in [-0.25, -0.2) is 5.43 Å². The Balaban J connectivity index is 1.85. The lowest BCUT2D eigenvalue weighted by atomic mass is 10.1. The van der Waals surface area contributed by atoms with Crippen LogP contribution < -0.4 is 14.9 Å². The number of carbonyl (C=O) groups is 1. The summed E-state index contributed by atoms with van der Waals surface area (Å²) >= 11 is 4.99. The Morgan fingerprint density at radius 1 is 1.15 bits per heavy atom. The molecule has 0 atom stereocenters. The van der Waals surface area contributed by atoms with Gasteiger partial charge in [0, 0.05) is 5.75 Å². The van der Waals surface area contributed by atoms with Crippen molar-refractivity contribution in [2.45, 2.75) is 19.6 Å². The fourth-order valence-corrected chi connectivity index (χ4v) is 4.01. The summed E-state index contributed by atoms with van der Waals surface area (Å²) in [6.07, 6.45) is 1.57. The molecular weight excluding hydrogens is 428 g/mol. The van der Waals surface area contributed by atoms with Crippen molar-refractivity contribution in [1.82, 2.24) is 5.43 Å². The lowest BCUT2D eigenvalue weighted by Gasteiger charge is -2.10. The Bertz CT molecular complexity index is 820. The number of thioether (sulfide) groups is 1. The van der Waals surface area contributed by atoms with Crippen LogP contribution in [0.15, 0.2) is 39.9 Å². The fourth-order valence-electron chi connectivity index (χ4n) is 2.64. The Labute approximate surface area is 172 Å². The van der Waals surface area contributed by atoms with Gasteiger partial charge in [0.05, 0.1) is 30.7 Å². The van der Waals surface area contributed by atoms with Gasteiger partial charge in [0.1, 0.15) is 0 Å². The third kappa shape index (κ3) is 6.59. The van der Waals surface area contributed by atoms with Crippen LogP contribution in [0.3, 0.4) is 0 Å². The highest BCUT2D eigenvalue weighted by Gasteiger charge is 2.09. The van der Waals surface area contributed by atoms with Gasteiger partial charge in [0.15, 0.2) is 11.5 Å². The molecule has 0 saturated heterocycles. The lowest BCUT2D eigenvalue weighted by molar-refractivity contribution is -0.118. The number of rotatable bonds is 8. The van der Waals surface area contributed by atoms with Gasteiger partial charge in [0.25, 0.3) is 0 Å². The van der Waals surface area contributed by atoms with Gasteiger partial charge < -0.3 is 9.47 Å². The van der Waals surface area contributed by atoms with Crippen LogP contribution in [0.2, 0.25) is 0 Å². The van der Waals surface area contributed by atoms with Crippen LogP contribution in [-0.4, -0.2) is 32.1 Å². The van der Waals surface area contributed by atoms with Gasteiger partial charge in [0.2, 0.25) is 5.91 Å². The molecule has 2 rings (SSSR count). The van der Waals surface area contributed by atoms with E-state index in [9.17, 15) is 4.79 Å². The van der Waals surface area contributed by atoms with E-state index >= 15 is 0 Å². The van der Waals surface area contributed by atoms with E-state index in [1.54, 1.807) is 38.3 Å². The summed E-state index contributed by atoms with van der Waals surface area (Å²) < 4.78 is 11.3. The first kappa shape index (κ1) is 21.3. The summed E-state index contributed by atoms with van der Waals surface area (Å²) in [5.74, 6) is 2.20. The zero-order valence-corrected chi connectivity index (χ0v) is 18.2. The van der Waals surface area contributed by atoms with E-state index in [4.69, 9.17) is 9.47 Å². The molecule has 0 aliphatic carbocycles. The minimum absolute atomic E-state index is 0.139. The van der Waals surface area contributed by atoms with Crippen molar-refractivity contribution >= 4 is 39.8 Å². The fraction of sp³-hybridized carbons (Fsp3) is 0.300. The number of methoxy groups -OCH3 is 2. The number of halogens is 1. The highest BCUT2D eigenvalue weighted by molar-refractivity contribution is 9.10. The predicted molar refractivity (Wildman–Crippen MR) is 115 cm³/mol. The molecule has 0 radical (unpaired) electrons. The molecule has 0 aromatic heterocycles. The minimum Gasteiger partial charge on any atom is -0.493 e. The van der Waals surface area contributed by atoms with Crippen molar-refractivity contribution in [3.63, 3.8) is 0 Å². The number of nitrogens with zero attached hydrogens (tertiary/aromatic N) is 1. The molecule has 0 heterocycles. The minimum atomic E-state index is -0.139. The zero-order valence-electron chi connectivity index (χ0n) is 15.8. The van der Waals surface area contributed by atoms with Gasteiger partial charge in [-0.05, 0) is 53.0 Å². The molecule has 144 valence electrons. The van der Waals surface area contributed by atoms with Crippen LogP contribution in [0.4, 0.5) is 0 Å². The number of hydrazone groups is 1. The van der Waals surface area contributed by atoms with E-state index < -0.39 is 0 Å². The second-order valence-corrected chi connectivity index (χ2v) is 7.86. The van der Waals surface area contributed by atoms with Crippen molar-refractivity contribution in [1.29, 1.82) is 0 Å². The molecule has 0 aliphatic rings. The summed E-state index contributed by atoms with van der Waals surface area (Å²) in [6, 6.07) is 10.1. The molecule has 0 bridgehead atoms. The number of aryl methyl sites for hydroxylation is 2. The standard InChI is InChI=1S/C20H23BrN2O3S/c1-13-5-14(2)7-16(6-13)11-27-12-19(24)23-22-10-15-8-17(21)20(26-4)18(9-15)25-3/h5-10H,11-12H2,1-4H3,(H,23,24)/b22-10-. The quantitative estimate of drug-likeness (QED) is 0.476. The van der Waals surface area contributed by atoms with E-state index in [0.717, 1.165) is 15.8 Å². The van der Waals surface area contributed by atoms with E-state index in [-0.39, 0.29) is 5.91 Å². The number of hydrogen-bond donors (Lipinski definition) is 1. The summed E-state index contributed by atoms with van der Waals surface area (Å²) in [4.78, 5) is 11.9. The van der Waals surface area contributed by atoms with Crippen LogP contribution in [0.1, 0.15) is 22.3 Å². The molecule has 1 amide bonds.